The van der Waals surface area contributed by atoms with Crippen molar-refractivity contribution in [3.05, 3.63) is 48.2 Å². The maximum absolute atomic E-state index is 4.92. The monoisotopic (exact) mass is 200 g/mol. The predicted octanol–water partition coefficient (Wildman–Crippen LogP) is 2.14. The van der Waals surface area contributed by atoms with Gasteiger partial charge in [0, 0.05) is 11.6 Å². The van der Waals surface area contributed by atoms with Gasteiger partial charge in [0.1, 0.15) is 0 Å². The van der Waals surface area contributed by atoms with Crippen LogP contribution in [0.3, 0.4) is 0 Å². The van der Waals surface area contributed by atoms with Gasteiger partial charge in [0.25, 0.3) is 0 Å². The molecule has 0 atom stereocenters. The molecule has 1 aromatic heterocycles. The molecule has 0 aliphatic carbocycles. The normalized spacial score (nSPS) is 11.3. The molecule has 3 heteroatoms. The summed E-state index contributed by atoms with van der Waals surface area (Å²) >= 11 is 0. The van der Waals surface area contributed by atoms with E-state index >= 15 is 0 Å². The minimum atomic E-state index is 0.410. The number of benzene rings is 1. The number of aromatic nitrogens is 1. The summed E-state index contributed by atoms with van der Waals surface area (Å²) in [6.07, 6.45) is 5.62. The van der Waals surface area contributed by atoms with Gasteiger partial charge in [-0.25, -0.2) is 5.90 Å². The lowest BCUT2D eigenvalue weighted by Crippen LogP contribution is -1.96. The molecule has 2 aromatic rings. The number of nitrogens with zero attached hydrogens (tertiary/aromatic N) is 1. The van der Waals surface area contributed by atoms with Gasteiger partial charge < -0.3 is 4.84 Å². The van der Waals surface area contributed by atoms with Crippen molar-refractivity contribution in [1.29, 1.82) is 0 Å². The van der Waals surface area contributed by atoms with Crippen LogP contribution in [0.25, 0.3) is 17.0 Å². The van der Waals surface area contributed by atoms with Crippen LogP contribution in [0.5, 0.6) is 0 Å². The Morgan fingerprint density at radius 1 is 1.33 bits per heavy atom. The van der Waals surface area contributed by atoms with E-state index < -0.39 is 0 Å². The van der Waals surface area contributed by atoms with E-state index in [1.54, 1.807) is 0 Å². The van der Waals surface area contributed by atoms with Crippen molar-refractivity contribution in [2.75, 3.05) is 6.61 Å². The molecular weight excluding hydrogens is 188 g/mol. The molecule has 3 nitrogen and oxygen atoms in total. The minimum absolute atomic E-state index is 0.410. The summed E-state index contributed by atoms with van der Waals surface area (Å²) in [4.78, 5) is 8.78. The maximum atomic E-state index is 4.92. The van der Waals surface area contributed by atoms with Gasteiger partial charge in [-0.2, -0.15) is 0 Å². The first-order valence-electron chi connectivity index (χ1n) is 4.73. The summed E-state index contributed by atoms with van der Waals surface area (Å²) < 4.78 is 0. The van der Waals surface area contributed by atoms with Gasteiger partial charge in [-0.3, -0.25) is 4.98 Å². The van der Waals surface area contributed by atoms with Crippen LogP contribution in [0, 0.1) is 0 Å². The second kappa shape index (κ2) is 4.68. The minimum Gasteiger partial charge on any atom is -0.300 e. The van der Waals surface area contributed by atoms with Crippen molar-refractivity contribution in [3.8, 4) is 0 Å². The van der Waals surface area contributed by atoms with Crippen molar-refractivity contribution in [3.63, 3.8) is 0 Å². The Balaban J connectivity index is 2.30. The molecule has 0 bridgehead atoms. The standard InChI is InChI=1S/C12H12N2O/c13-15-7-3-4-10-8-11-5-1-2-6-12(11)14-9-10/h1-6,8-9H,7,13H2. The number of hydrogen-bond donors (Lipinski definition) is 1. The molecule has 0 aliphatic heterocycles. The van der Waals surface area contributed by atoms with E-state index in [1.165, 1.54) is 0 Å². The highest BCUT2D eigenvalue weighted by atomic mass is 16.6. The number of nitrogens with two attached hydrogens (primary N) is 1. The SMILES string of the molecule is NOCC=Cc1cnc2ccccc2c1. The fourth-order valence-electron chi connectivity index (χ4n) is 1.42. The number of fused-ring (bicyclic) bond motifs is 1. The third kappa shape index (κ3) is 2.40. The van der Waals surface area contributed by atoms with E-state index in [0.29, 0.717) is 6.61 Å². The van der Waals surface area contributed by atoms with Crippen LogP contribution in [0.2, 0.25) is 0 Å². The van der Waals surface area contributed by atoms with Gasteiger partial charge in [0.05, 0.1) is 12.1 Å². The summed E-state index contributed by atoms with van der Waals surface area (Å²) in [6.45, 7) is 0.410. The van der Waals surface area contributed by atoms with Crippen molar-refractivity contribution in [2.24, 2.45) is 5.90 Å². The molecule has 15 heavy (non-hydrogen) atoms. The molecule has 0 radical (unpaired) electrons. The van der Waals surface area contributed by atoms with Gasteiger partial charge in [-0.15, -0.1) is 0 Å². The number of pyridine rings is 1. The highest BCUT2D eigenvalue weighted by Crippen LogP contribution is 2.13. The molecule has 0 saturated heterocycles. The Morgan fingerprint density at radius 2 is 2.20 bits per heavy atom. The average Bonchev–Trinajstić information content (AvgIpc) is 2.29. The molecule has 0 spiro atoms. The average molecular weight is 200 g/mol. The third-order valence-corrected chi connectivity index (χ3v) is 2.11. The van der Waals surface area contributed by atoms with Crippen molar-refractivity contribution < 1.29 is 4.84 Å². The molecule has 0 unspecified atom stereocenters. The Bertz CT molecular complexity index is 480. The molecule has 76 valence electrons. The summed E-state index contributed by atoms with van der Waals surface area (Å²) in [6, 6.07) is 10.1. The summed E-state index contributed by atoms with van der Waals surface area (Å²) in [5.41, 5.74) is 2.05. The fraction of sp³-hybridized carbons (Fsp3) is 0.0833. The van der Waals surface area contributed by atoms with Crippen molar-refractivity contribution in [1.82, 2.24) is 4.98 Å². The van der Waals surface area contributed by atoms with Crippen LogP contribution in [-0.2, 0) is 4.84 Å². The van der Waals surface area contributed by atoms with E-state index in [4.69, 9.17) is 5.90 Å². The molecule has 0 amide bonds. The summed E-state index contributed by atoms with van der Waals surface area (Å²) in [7, 11) is 0. The Labute approximate surface area is 88.1 Å². The fourth-order valence-corrected chi connectivity index (χ4v) is 1.42. The zero-order valence-corrected chi connectivity index (χ0v) is 8.26. The largest absolute Gasteiger partial charge is 0.300 e. The third-order valence-electron chi connectivity index (χ3n) is 2.11. The van der Waals surface area contributed by atoms with Gasteiger partial charge in [-0.05, 0) is 17.7 Å². The zero-order valence-electron chi connectivity index (χ0n) is 8.26. The van der Waals surface area contributed by atoms with Crippen LogP contribution < -0.4 is 5.90 Å². The van der Waals surface area contributed by atoms with Crippen molar-refractivity contribution in [2.45, 2.75) is 0 Å². The molecular formula is C12H12N2O. The van der Waals surface area contributed by atoms with E-state index in [9.17, 15) is 0 Å². The van der Waals surface area contributed by atoms with Gasteiger partial charge >= 0.3 is 0 Å². The lowest BCUT2D eigenvalue weighted by Gasteiger charge is -1.97. The van der Waals surface area contributed by atoms with Crippen LogP contribution in [0.1, 0.15) is 5.56 Å². The van der Waals surface area contributed by atoms with Crippen LogP contribution >= 0.6 is 0 Å². The molecule has 2 rings (SSSR count). The first kappa shape index (κ1) is 9.83. The Hall–Kier alpha value is -1.71. The predicted molar refractivity (Wildman–Crippen MR) is 60.9 cm³/mol. The first-order valence-corrected chi connectivity index (χ1v) is 4.73. The van der Waals surface area contributed by atoms with Crippen LogP contribution in [-0.4, -0.2) is 11.6 Å². The van der Waals surface area contributed by atoms with Crippen molar-refractivity contribution >= 4 is 17.0 Å². The van der Waals surface area contributed by atoms with Gasteiger partial charge in [-0.1, -0.05) is 30.4 Å². The smallest absolute Gasteiger partial charge is 0.0864 e. The quantitative estimate of drug-likeness (QED) is 0.772. The number of hydrogen-bond acceptors (Lipinski definition) is 3. The molecule has 1 aromatic carbocycles. The highest BCUT2D eigenvalue weighted by molar-refractivity contribution is 5.80. The van der Waals surface area contributed by atoms with Crippen LogP contribution in [0.15, 0.2) is 42.6 Å². The highest BCUT2D eigenvalue weighted by Gasteiger charge is 1.93. The molecule has 1 heterocycles. The molecule has 0 fully saturated rings. The van der Waals surface area contributed by atoms with Gasteiger partial charge in [0.15, 0.2) is 0 Å². The second-order valence-corrected chi connectivity index (χ2v) is 3.20. The Kier molecular flexibility index (Phi) is 3.07. The topological polar surface area (TPSA) is 48.1 Å². The number of para-hydroxylation sites is 1. The maximum Gasteiger partial charge on any atom is 0.0864 e. The van der Waals surface area contributed by atoms with Gasteiger partial charge in [0.2, 0.25) is 0 Å². The lowest BCUT2D eigenvalue weighted by atomic mass is 10.1. The van der Waals surface area contributed by atoms with E-state index in [0.717, 1.165) is 16.5 Å². The molecule has 0 saturated carbocycles. The van der Waals surface area contributed by atoms with E-state index in [1.807, 2.05) is 42.6 Å². The molecule has 0 aliphatic rings. The first-order chi connectivity index (χ1) is 7.40. The van der Waals surface area contributed by atoms with E-state index in [2.05, 4.69) is 15.9 Å². The lowest BCUT2D eigenvalue weighted by molar-refractivity contribution is 0.168. The Morgan fingerprint density at radius 3 is 3.07 bits per heavy atom. The van der Waals surface area contributed by atoms with E-state index in [-0.39, 0.29) is 0 Å². The van der Waals surface area contributed by atoms with Crippen LogP contribution in [0.4, 0.5) is 0 Å². The summed E-state index contributed by atoms with van der Waals surface area (Å²) in [5, 5.41) is 1.13. The second-order valence-electron chi connectivity index (χ2n) is 3.20. The molecule has 2 N–H and O–H groups in total. The number of rotatable bonds is 3. The zero-order chi connectivity index (χ0) is 10.5. The summed E-state index contributed by atoms with van der Waals surface area (Å²) in [5.74, 6) is 4.92.